The van der Waals surface area contributed by atoms with Crippen LogP contribution in [0.3, 0.4) is 0 Å². The number of carbonyl (C=O) groups is 2. The lowest BCUT2D eigenvalue weighted by Gasteiger charge is -2.19. The molecule has 0 spiro atoms. The smallest absolute Gasteiger partial charge is 0.240 e. The SMILES string of the molecule is CCCCCOc1ccc(C(C)NC(=O)CN2CSCC2=O)cc1OC. The first-order valence-corrected chi connectivity index (χ1v) is 10.2. The number of amides is 2. The van der Waals surface area contributed by atoms with Gasteiger partial charge >= 0.3 is 0 Å². The van der Waals surface area contributed by atoms with E-state index in [-0.39, 0.29) is 24.4 Å². The molecule has 1 unspecified atom stereocenters. The number of hydrogen-bond acceptors (Lipinski definition) is 5. The number of nitrogens with one attached hydrogen (secondary N) is 1. The molecule has 0 saturated carbocycles. The number of ether oxygens (including phenoxy) is 2. The summed E-state index contributed by atoms with van der Waals surface area (Å²) >= 11 is 1.53. The number of nitrogens with zero attached hydrogens (tertiary/aromatic N) is 1. The van der Waals surface area contributed by atoms with Gasteiger partial charge in [0.05, 0.1) is 31.4 Å². The van der Waals surface area contributed by atoms with E-state index in [1.165, 1.54) is 11.8 Å². The maximum Gasteiger partial charge on any atom is 0.240 e. The maximum atomic E-state index is 12.2. The van der Waals surface area contributed by atoms with Crippen LogP contribution >= 0.6 is 11.8 Å². The van der Waals surface area contributed by atoms with Gasteiger partial charge in [-0.2, -0.15) is 0 Å². The second kappa shape index (κ2) is 10.3. The molecule has 1 atom stereocenters. The van der Waals surface area contributed by atoms with Gasteiger partial charge in [0, 0.05) is 0 Å². The zero-order valence-corrected chi connectivity index (χ0v) is 16.6. The van der Waals surface area contributed by atoms with Gasteiger partial charge in [-0.15, -0.1) is 11.8 Å². The van der Waals surface area contributed by atoms with Crippen LogP contribution in [-0.2, 0) is 9.59 Å². The molecule has 1 aliphatic rings. The third-order valence-corrected chi connectivity index (χ3v) is 5.18. The standard InChI is InChI=1S/C19H28N2O4S/c1-4-5-6-9-25-16-8-7-15(10-17(16)24-3)14(2)20-18(22)11-21-13-26-12-19(21)23/h7-8,10,14H,4-6,9,11-13H2,1-3H3,(H,20,22). The van der Waals surface area contributed by atoms with Gasteiger partial charge in [-0.05, 0) is 31.0 Å². The molecule has 6 nitrogen and oxygen atoms in total. The molecule has 144 valence electrons. The van der Waals surface area contributed by atoms with Gasteiger partial charge in [0.1, 0.15) is 6.54 Å². The summed E-state index contributed by atoms with van der Waals surface area (Å²) in [7, 11) is 1.61. The van der Waals surface area contributed by atoms with Gasteiger partial charge in [0.2, 0.25) is 11.8 Å². The quantitative estimate of drug-likeness (QED) is 0.632. The summed E-state index contributed by atoms with van der Waals surface area (Å²) in [5.41, 5.74) is 0.929. The molecule has 0 aromatic heterocycles. The minimum absolute atomic E-state index is 0.0176. The number of carbonyl (C=O) groups excluding carboxylic acids is 2. The van der Waals surface area contributed by atoms with Crippen LogP contribution in [0.15, 0.2) is 18.2 Å². The average Bonchev–Trinajstić information content (AvgIpc) is 3.03. The highest BCUT2D eigenvalue weighted by Crippen LogP contribution is 2.30. The highest BCUT2D eigenvalue weighted by atomic mass is 32.2. The van der Waals surface area contributed by atoms with Gasteiger partial charge < -0.3 is 19.7 Å². The molecule has 7 heteroatoms. The molecule has 1 aromatic rings. The van der Waals surface area contributed by atoms with Crippen LogP contribution in [0, 0.1) is 0 Å². The first kappa shape index (κ1) is 20.4. The van der Waals surface area contributed by atoms with E-state index in [4.69, 9.17) is 9.47 Å². The van der Waals surface area contributed by atoms with Crippen LogP contribution in [-0.4, -0.2) is 48.6 Å². The number of rotatable bonds is 10. The summed E-state index contributed by atoms with van der Waals surface area (Å²) in [6.07, 6.45) is 3.31. The molecule has 1 heterocycles. The molecule has 2 rings (SSSR count). The number of unbranched alkanes of at least 4 members (excludes halogenated alkanes) is 2. The Balaban J connectivity index is 1.92. The van der Waals surface area contributed by atoms with Crippen LogP contribution in [0.25, 0.3) is 0 Å². The summed E-state index contributed by atoms with van der Waals surface area (Å²) in [6, 6.07) is 5.51. The van der Waals surface area contributed by atoms with Crippen LogP contribution in [0.1, 0.15) is 44.7 Å². The van der Waals surface area contributed by atoms with E-state index in [2.05, 4.69) is 12.2 Å². The fraction of sp³-hybridized carbons (Fsp3) is 0.579. The van der Waals surface area contributed by atoms with Crippen molar-refractivity contribution in [3.8, 4) is 11.5 Å². The third kappa shape index (κ3) is 5.83. The molecule has 1 aromatic carbocycles. The zero-order chi connectivity index (χ0) is 18.9. The Labute approximate surface area is 159 Å². The van der Waals surface area contributed by atoms with Crippen molar-refractivity contribution in [3.05, 3.63) is 23.8 Å². The van der Waals surface area contributed by atoms with E-state index < -0.39 is 0 Å². The zero-order valence-electron chi connectivity index (χ0n) is 15.7. The van der Waals surface area contributed by atoms with Crippen LogP contribution in [0.5, 0.6) is 11.5 Å². The fourth-order valence-electron chi connectivity index (χ4n) is 2.69. The largest absolute Gasteiger partial charge is 0.493 e. The Kier molecular flexibility index (Phi) is 8.09. The van der Waals surface area contributed by atoms with Crippen molar-refractivity contribution < 1.29 is 19.1 Å². The van der Waals surface area contributed by atoms with E-state index in [0.29, 0.717) is 29.7 Å². The molecule has 0 bridgehead atoms. The highest BCUT2D eigenvalue weighted by Gasteiger charge is 2.23. The van der Waals surface area contributed by atoms with E-state index in [0.717, 1.165) is 24.8 Å². The van der Waals surface area contributed by atoms with E-state index in [1.54, 1.807) is 12.0 Å². The lowest BCUT2D eigenvalue weighted by atomic mass is 10.1. The van der Waals surface area contributed by atoms with Crippen molar-refractivity contribution in [2.75, 3.05) is 31.9 Å². The molecule has 1 N–H and O–H groups in total. The van der Waals surface area contributed by atoms with Crippen LogP contribution < -0.4 is 14.8 Å². The Morgan fingerprint density at radius 2 is 2.15 bits per heavy atom. The predicted octanol–water partition coefficient (Wildman–Crippen LogP) is 2.97. The molecule has 0 radical (unpaired) electrons. The van der Waals surface area contributed by atoms with Crippen LogP contribution in [0.2, 0.25) is 0 Å². The normalized spacial score (nSPS) is 15.0. The summed E-state index contributed by atoms with van der Waals surface area (Å²) in [4.78, 5) is 25.4. The molecule has 1 fully saturated rings. The number of hydrogen-bond donors (Lipinski definition) is 1. The monoisotopic (exact) mass is 380 g/mol. The minimum atomic E-state index is -0.184. The second-order valence-electron chi connectivity index (χ2n) is 6.32. The topological polar surface area (TPSA) is 67.9 Å². The number of methoxy groups -OCH3 is 1. The Bertz CT molecular complexity index is 624. The molecular formula is C19H28N2O4S. The highest BCUT2D eigenvalue weighted by molar-refractivity contribution is 8.00. The van der Waals surface area contributed by atoms with Crippen molar-refractivity contribution in [1.82, 2.24) is 10.2 Å². The van der Waals surface area contributed by atoms with E-state index >= 15 is 0 Å². The predicted molar refractivity (Wildman–Crippen MR) is 104 cm³/mol. The van der Waals surface area contributed by atoms with Gasteiger partial charge in [-0.1, -0.05) is 25.8 Å². The number of thioether (sulfide) groups is 1. The molecule has 1 saturated heterocycles. The lowest BCUT2D eigenvalue weighted by Crippen LogP contribution is -2.39. The molecule has 26 heavy (non-hydrogen) atoms. The first-order valence-electron chi connectivity index (χ1n) is 9.00. The van der Waals surface area contributed by atoms with E-state index in [1.807, 2.05) is 25.1 Å². The summed E-state index contributed by atoms with van der Waals surface area (Å²) in [6.45, 7) is 4.84. The molecule has 1 aliphatic heterocycles. The average molecular weight is 381 g/mol. The Morgan fingerprint density at radius 1 is 1.35 bits per heavy atom. The van der Waals surface area contributed by atoms with Gasteiger partial charge in [0.25, 0.3) is 0 Å². The molecule has 2 amide bonds. The van der Waals surface area contributed by atoms with Gasteiger partial charge in [-0.3, -0.25) is 9.59 Å². The molecule has 0 aliphatic carbocycles. The van der Waals surface area contributed by atoms with Gasteiger partial charge in [-0.25, -0.2) is 0 Å². The third-order valence-electron chi connectivity index (χ3n) is 4.23. The summed E-state index contributed by atoms with van der Waals surface area (Å²) in [5, 5.41) is 2.94. The second-order valence-corrected chi connectivity index (χ2v) is 7.28. The summed E-state index contributed by atoms with van der Waals surface area (Å²) in [5.74, 6) is 2.27. The first-order chi connectivity index (χ1) is 12.5. The minimum Gasteiger partial charge on any atom is -0.493 e. The lowest BCUT2D eigenvalue weighted by molar-refractivity contribution is -0.132. The summed E-state index contributed by atoms with van der Waals surface area (Å²) < 4.78 is 11.2. The Morgan fingerprint density at radius 3 is 2.81 bits per heavy atom. The van der Waals surface area contributed by atoms with Crippen molar-refractivity contribution in [2.45, 2.75) is 39.2 Å². The van der Waals surface area contributed by atoms with Crippen molar-refractivity contribution in [2.24, 2.45) is 0 Å². The van der Waals surface area contributed by atoms with Crippen molar-refractivity contribution >= 4 is 23.6 Å². The van der Waals surface area contributed by atoms with Gasteiger partial charge in [0.15, 0.2) is 11.5 Å². The Hall–Kier alpha value is -1.89. The van der Waals surface area contributed by atoms with Crippen molar-refractivity contribution in [3.63, 3.8) is 0 Å². The van der Waals surface area contributed by atoms with Crippen molar-refractivity contribution in [1.29, 1.82) is 0 Å². The van der Waals surface area contributed by atoms with Crippen LogP contribution in [0.4, 0.5) is 0 Å². The number of benzene rings is 1. The fourth-order valence-corrected chi connectivity index (χ4v) is 3.60. The van der Waals surface area contributed by atoms with E-state index in [9.17, 15) is 9.59 Å². The molecular weight excluding hydrogens is 352 g/mol. The maximum absolute atomic E-state index is 12.2.